The quantitative estimate of drug-likeness (QED) is 0.715. The molecule has 1 rings (SSSR count). The average molecular weight is 341 g/mol. The summed E-state index contributed by atoms with van der Waals surface area (Å²) < 4.78 is 29.3. The third kappa shape index (κ3) is 5.23. The molecule has 6 heteroatoms. The van der Waals surface area contributed by atoms with E-state index in [-0.39, 0.29) is 23.6 Å². The van der Waals surface area contributed by atoms with Crippen molar-refractivity contribution in [3.05, 3.63) is 29.8 Å². The molecule has 0 saturated carbocycles. The molecular weight excluding hydrogens is 314 g/mol. The first-order chi connectivity index (χ1) is 10.6. The average Bonchev–Trinajstić information content (AvgIpc) is 2.44. The molecule has 0 fully saturated rings. The van der Waals surface area contributed by atoms with Gasteiger partial charge in [-0.2, -0.15) is 8.42 Å². The SMILES string of the molecule is CC(C)C(=O)N(Cc1ccccc1OS(=O)(=O)C(C)C)C(C)C. The molecule has 0 unspecified atom stereocenters. The largest absolute Gasteiger partial charge is 0.382 e. The number of nitrogens with zero attached hydrogens (tertiary/aromatic N) is 1. The molecule has 0 heterocycles. The van der Waals surface area contributed by atoms with Crippen molar-refractivity contribution in [3.63, 3.8) is 0 Å². The molecule has 5 nitrogen and oxygen atoms in total. The molecule has 0 bridgehead atoms. The standard InChI is InChI=1S/C17H27NO4S/c1-12(2)17(19)18(13(3)4)11-15-9-7-8-10-16(15)22-23(20,21)14(5)6/h7-10,12-14H,11H2,1-6H3. The van der Waals surface area contributed by atoms with Crippen molar-refractivity contribution in [1.29, 1.82) is 0 Å². The number of amides is 1. The Kier molecular flexibility index (Phi) is 6.62. The van der Waals surface area contributed by atoms with Crippen LogP contribution in [0.2, 0.25) is 0 Å². The van der Waals surface area contributed by atoms with Gasteiger partial charge in [-0.1, -0.05) is 32.0 Å². The lowest BCUT2D eigenvalue weighted by molar-refractivity contribution is -0.136. The molecule has 0 saturated heterocycles. The van der Waals surface area contributed by atoms with Gasteiger partial charge < -0.3 is 9.08 Å². The number of hydrogen-bond donors (Lipinski definition) is 0. The van der Waals surface area contributed by atoms with Crippen molar-refractivity contribution >= 4 is 16.0 Å². The van der Waals surface area contributed by atoms with Gasteiger partial charge in [-0.3, -0.25) is 4.79 Å². The summed E-state index contributed by atoms with van der Waals surface area (Å²) in [4.78, 5) is 14.1. The van der Waals surface area contributed by atoms with Gasteiger partial charge in [0.2, 0.25) is 5.91 Å². The van der Waals surface area contributed by atoms with Gasteiger partial charge in [0.05, 0.1) is 5.25 Å². The van der Waals surface area contributed by atoms with Gasteiger partial charge in [-0.05, 0) is 33.8 Å². The van der Waals surface area contributed by atoms with Crippen LogP contribution in [0.15, 0.2) is 24.3 Å². The summed E-state index contributed by atoms with van der Waals surface area (Å²) in [6.07, 6.45) is 0. The lowest BCUT2D eigenvalue weighted by Gasteiger charge is -2.29. The predicted molar refractivity (Wildman–Crippen MR) is 91.6 cm³/mol. The monoisotopic (exact) mass is 341 g/mol. The lowest BCUT2D eigenvalue weighted by Crippen LogP contribution is -2.39. The summed E-state index contributed by atoms with van der Waals surface area (Å²) in [5.41, 5.74) is 0.680. The van der Waals surface area contributed by atoms with Gasteiger partial charge in [0.1, 0.15) is 5.75 Å². The van der Waals surface area contributed by atoms with Gasteiger partial charge >= 0.3 is 10.1 Å². The minimum absolute atomic E-state index is 0.0136. The Morgan fingerprint density at radius 3 is 2.13 bits per heavy atom. The summed E-state index contributed by atoms with van der Waals surface area (Å²) in [6.45, 7) is 11.0. The Morgan fingerprint density at radius 2 is 1.65 bits per heavy atom. The lowest BCUT2D eigenvalue weighted by atomic mass is 10.1. The number of carbonyl (C=O) groups is 1. The van der Waals surface area contributed by atoms with Gasteiger partial charge in [-0.15, -0.1) is 0 Å². The fraction of sp³-hybridized carbons (Fsp3) is 0.588. The highest BCUT2D eigenvalue weighted by Gasteiger charge is 2.24. The van der Waals surface area contributed by atoms with Crippen molar-refractivity contribution in [1.82, 2.24) is 4.90 Å². The van der Waals surface area contributed by atoms with E-state index in [0.29, 0.717) is 12.1 Å². The van der Waals surface area contributed by atoms with Crippen LogP contribution in [-0.4, -0.2) is 30.5 Å². The van der Waals surface area contributed by atoms with Gasteiger partial charge in [0.15, 0.2) is 0 Å². The predicted octanol–water partition coefficient (Wildman–Crippen LogP) is 3.20. The van der Waals surface area contributed by atoms with Crippen LogP contribution in [-0.2, 0) is 21.5 Å². The van der Waals surface area contributed by atoms with Crippen LogP contribution < -0.4 is 4.18 Å². The van der Waals surface area contributed by atoms with E-state index in [1.807, 2.05) is 33.8 Å². The first-order valence-electron chi connectivity index (χ1n) is 7.88. The number of hydrogen-bond acceptors (Lipinski definition) is 4. The van der Waals surface area contributed by atoms with Crippen LogP contribution in [0.1, 0.15) is 47.1 Å². The van der Waals surface area contributed by atoms with E-state index in [0.717, 1.165) is 0 Å². The first-order valence-corrected chi connectivity index (χ1v) is 9.35. The molecule has 23 heavy (non-hydrogen) atoms. The molecule has 0 aliphatic heterocycles. The highest BCUT2D eigenvalue weighted by Crippen LogP contribution is 2.24. The Balaban J connectivity index is 3.12. The maximum atomic E-state index is 12.4. The molecule has 0 N–H and O–H groups in total. The molecular formula is C17H27NO4S. The highest BCUT2D eigenvalue weighted by atomic mass is 32.2. The molecule has 130 valence electrons. The maximum absolute atomic E-state index is 12.4. The second kappa shape index (κ2) is 7.81. The minimum Gasteiger partial charge on any atom is -0.382 e. The van der Waals surface area contributed by atoms with Crippen LogP contribution in [0.25, 0.3) is 0 Å². The van der Waals surface area contributed by atoms with E-state index in [1.54, 1.807) is 36.9 Å². The fourth-order valence-corrected chi connectivity index (χ4v) is 2.57. The van der Waals surface area contributed by atoms with Gasteiger partial charge in [-0.25, -0.2) is 0 Å². The molecule has 0 atom stereocenters. The maximum Gasteiger partial charge on any atom is 0.311 e. The second-order valence-electron chi connectivity index (χ2n) is 6.45. The van der Waals surface area contributed by atoms with E-state index in [9.17, 15) is 13.2 Å². The van der Waals surface area contributed by atoms with Gasteiger partial charge in [0, 0.05) is 24.1 Å². The minimum atomic E-state index is -3.67. The molecule has 0 spiro atoms. The van der Waals surface area contributed by atoms with Gasteiger partial charge in [0.25, 0.3) is 0 Å². The van der Waals surface area contributed by atoms with E-state index in [2.05, 4.69) is 0 Å². The number of carbonyl (C=O) groups excluding carboxylic acids is 1. The van der Waals surface area contributed by atoms with Crippen molar-refractivity contribution < 1.29 is 17.4 Å². The normalized spacial score (nSPS) is 12.0. The molecule has 0 aliphatic rings. The molecule has 1 amide bonds. The topological polar surface area (TPSA) is 63.7 Å². The summed E-state index contributed by atoms with van der Waals surface area (Å²) >= 11 is 0. The number of rotatable bonds is 7. The van der Waals surface area contributed by atoms with E-state index in [4.69, 9.17) is 4.18 Å². The smallest absolute Gasteiger partial charge is 0.311 e. The van der Waals surface area contributed by atoms with Crippen molar-refractivity contribution in [2.75, 3.05) is 0 Å². The molecule has 0 radical (unpaired) electrons. The Bertz CT molecular complexity index is 636. The van der Waals surface area contributed by atoms with E-state index < -0.39 is 15.4 Å². The van der Waals surface area contributed by atoms with Crippen LogP contribution in [0.3, 0.4) is 0 Å². The van der Waals surface area contributed by atoms with Crippen LogP contribution in [0.5, 0.6) is 5.75 Å². The molecule has 1 aromatic rings. The van der Waals surface area contributed by atoms with Crippen LogP contribution in [0.4, 0.5) is 0 Å². The summed E-state index contributed by atoms with van der Waals surface area (Å²) in [6, 6.07) is 6.95. The number of benzene rings is 1. The van der Waals surface area contributed by atoms with Crippen molar-refractivity contribution in [2.45, 2.75) is 59.4 Å². The third-order valence-electron chi connectivity index (χ3n) is 3.50. The highest BCUT2D eigenvalue weighted by molar-refractivity contribution is 7.87. The zero-order valence-corrected chi connectivity index (χ0v) is 15.6. The van der Waals surface area contributed by atoms with Crippen molar-refractivity contribution in [3.8, 4) is 5.75 Å². The third-order valence-corrected chi connectivity index (χ3v) is 5.06. The molecule has 0 aromatic heterocycles. The summed E-state index contributed by atoms with van der Waals surface area (Å²) in [5, 5.41) is -0.631. The fourth-order valence-electron chi connectivity index (χ4n) is 1.97. The van der Waals surface area contributed by atoms with E-state index in [1.165, 1.54) is 0 Å². The van der Waals surface area contributed by atoms with Crippen LogP contribution in [0, 0.1) is 5.92 Å². The molecule has 1 aromatic carbocycles. The Morgan fingerprint density at radius 1 is 1.09 bits per heavy atom. The summed E-state index contributed by atoms with van der Waals surface area (Å²) in [7, 11) is -3.67. The second-order valence-corrected chi connectivity index (χ2v) is 8.54. The zero-order valence-electron chi connectivity index (χ0n) is 14.7. The zero-order chi connectivity index (χ0) is 17.8. The van der Waals surface area contributed by atoms with Crippen molar-refractivity contribution in [2.24, 2.45) is 5.92 Å². The Hall–Kier alpha value is -1.56. The molecule has 0 aliphatic carbocycles. The Labute approximate surface area is 139 Å². The number of para-hydroxylation sites is 1. The first kappa shape index (κ1) is 19.5. The van der Waals surface area contributed by atoms with Crippen LogP contribution >= 0.6 is 0 Å². The van der Waals surface area contributed by atoms with E-state index >= 15 is 0 Å². The summed E-state index contributed by atoms with van der Waals surface area (Å²) in [5.74, 6) is 0.190.